The lowest BCUT2D eigenvalue weighted by Crippen LogP contribution is -2.43. The van der Waals surface area contributed by atoms with E-state index in [2.05, 4.69) is 15.4 Å². The van der Waals surface area contributed by atoms with Gasteiger partial charge in [0, 0.05) is 37.8 Å². The van der Waals surface area contributed by atoms with Gasteiger partial charge in [-0.15, -0.1) is 0 Å². The smallest absolute Gasteiger partial charge is 0.264 e. The van der Waals surface area contributed by atoms with Crippen molar-refractivity contribution in [1.82, 2.24) is 10.6 Å². The van der Waals surface area contributed by atoms with Crippen molar-refractivity contribution in [1.29, 1.82) is 0 Å². The van der Waals surface area contributed by atoms with Crippen LogP contribution in [0.2, 0.25) is 0 Å². The average Bonchev–Trinajstić information content (AvgIpc) is 2.74. The number of halogens is 1. The fourth-order valence-corrected chi connectivity index (χ4v) is 4.36. The van der Waals surface area contributed by atoms with Crippen molar-refractivity contribution in [3.05, 3.63) is 53.8 Å². The molecule has 0 radical (unpaired) electrons. The van der Waals surface area contributed by atoms with Crippen molar-refractivity contribution in [3.8, 4) is 0 Å². The summed E-state index contributed by atoms with van der Waals surface area (Å²) in [4.78, 5) is 14.2. The summed E-state index contributed by atoms with van der Waals surface area (Å²) in [6.45, 7) is 6.76. The van der Waals surface area contributed by atoms with Gasteiger partial charge < -0.3 is 15.5 Å². The SMILES string of the molecule is CCC(C)NC(=O)c1ccc(N2CCNCC2)c(NS(=O)(=O)c2ccccc2F)c1. The highest BCUT2D eigenvalue weighted by atomic mass is 32.2. The molecule has 0 aromatic heterocycles. The minimum absolute atomic E-state index is 0.0103. The summed E-state index contributed by atoms with van der Waals surface area (Å²) >= 11 is 0. The number of sulfonamides is 1. The number of anilines is 2. The second-order valence-corrected chi connectivity index (χ2v) is 8.94. The van der Waals surface area contributed by atoms with Crippen molar-refractivity contribution in [2.45, 2.75) is 31.2 Å². The molecule has 1 fully saturated rings. The first kappa shape index (κ1) is 22.0. The van der Waals surface area contributed by atoms with Gasteiger partial charge in [0.05, 0.1) is 11.4 Å². The van der Waals surface area contributed by atoms with E-state index in [0.717, 1.165) is 25.6 Å². The molecular formula is C21H27FN4O3S. The molecule has 1 heterocycles. The van der Waals surface area contributed by atoms with Crippen LogP contribution >= 0.6 is 0 Å². The quantitative estimate of drug-likeness (QED) is 0.623. The maximum absolute atomic E-state index is 14.1. The molecule has 9 heteroatoms. The highest BCUT2D eigenvalue weighted by molar-refractivity contribution is 7.92. The Morgan fingerprint density at radius 1 is 1.20 bits per heavy atom. The van der Waals surface area contributed by atoms with Crippen molar-refractivity contribution < 1.29 is 17.6 Å². The Balaban J connectivity index is 1.99. The third kappa shape index (κ3) is 5.09. The molecule has 3 rings (SSSR count). The zero-order chi connectivity index (χ0) is 21.7. The van der Waals surface area contributed by atoms with Gasteiger partial charge in [-0.1, -0.05) is 19.1 Å². The molecule has 1 atom stereocenters. The van der Waals surface area contributed by atoms with Gasteiger partial charge in [-0.25, -0.2) is 12.8 Å². The number of carbonyl (C=O) groups excluding carboxylic acids is 1. The molecule has 1 aliphatic rings. The number of hydrogen-bond donors (Lipinski definition) is 3. The fourth-order valence-electron chi connectivity index (χ4n) is 3.21. The fraction of sp³-hybridized carbons (Fsp3) is 0.381. The molecule has 2 aromatic carbocycles. The summed E-state index contributed by atoms with van der Waals surface area (Å²) in [6, 6.07) is 10.1. The van der Waals surface area contributed by atoms with Gasteiger partial charge in [0.25, 0.3) is 15.9 Å². The molecule has 2 aromatic rings. The van der Waals surface area contributed by atoms with Crippen LogP contribution in [0.25, 0.3) is 0 Å². The number of nitrogens with zero attached hydrogens (tertiary/aromatic N) is 1. The molecular weight excluding hydrogens is 407 g/mol. The first-order valence-electron chi connectivity index (χ1n) is 9.99. The van der Waals surface area contributed by atoms with Gasteiger partial charge in [0.2, 0.25) is 0 Å². The predicted molar refractivity (Wildman–Crippen MR) is 116 cm³/mol. The van der Waals surface area contributed by atoms with Crippen molar-refractivity contribution in [2.24, 2.45) is 0 Å². The number of hydrogen-bond acceptors (Lipinski definition) is 5. The number of carbonyl (C=O) groups is 1. The van der Waals surface area contributed by atoms with E-state index >= 15 is 0 Å². The third-order valence-electron chi connectivity index (χ3n) is 5.08. The van der Waals surface area contributed by atoms with Crippen LogP contribution in [0, 0.1) is 5.82 Å². The van der Waals surface area contributed by atoms with E-state index in [4.69, 9.17) is 0 Å². The molecule has 1 saturated heterocycles. The summed E-state index contributed by atoms with van der Waals surface area (Å²) in [5, 5.41) is 6.13. The highest BCUT2D eigenvalue weighted by Gasteiger charge is 2.23. The zero-order valence-corrected chi connectivity index (χ0v) is 17.9. The van der Waals surface area contributed by atoms with Crippen LogP contribution in [-0.2, 0) is 10.0 Å². The van der Waals surface area contributed by atoms with Crippen LogP contribution in [0.1, 0.15) is 30.6 Å². The molecule has 0 spiro atoms. The molecule has 0 saturated carbocycles. The van der Waals surface area contributed by atoms with Gasteiger partial charge in [-0.3, -0.25) is 9.52 Å². The van der Waals surface area contributed by atoms with Crippen molar-refractivity contribution in [2.75, 3.05) is 35.8 Å². The summed E-state index contributed by atoms with van der Waals surface area (Å²) in [7, 11) is -4.17. The molecule has 30 heavy (non-hydrogen) atoms. The summed E-state index contributed by atoms with van der Waals surface area (Å²) < 4.78 is 42.4. The highest BCUT2D eigenvalue weighted by Crippen LogP contribution is 2.30. The number of piperazine rings is 1. The maximum Gasteiger partial charge on any atom is 0.264 e. The van der Waals surface area contributed by atoms with Gasteiger partial charge in [0.1, 0.15) is 10.7 Å². The first-order chi connectivity index (χ1) is 14.3. The number of rotatable bonds is 7. The summed E-state index contributed by atoms with van der Waals surface area (Å²) in [6.07, 6.45) is 0.775. The van der Waals surface area contributed by atoms with E-state index in [-0.39, 0.29) is 17.6 Å². The lowest BCUT2D eigenvalue weighted by Gasteiger charge is -2.31. The zero-order valence-electron chi connectivity index (χ0n) is 17.1. The molecule has 1 amide bonds. The van der Waals surface area contributed by atoms with Gasteiger partial charge in [0.15, 0.2) is 0 Å². The van der Waals surface area contributed by atoms with Crippen LogP contribution in [0.3, 0.4) is 0 Å². The van der Waals surface area contributed by atoms with Crippen LogP contribution in [0.4, 0.5) is 15.8 Å². The van der Waals surface area contributed by atoms with E-state index in [1.54, 1.807) is 12.1 Å². The van der Waals surface area contributed by atoms with E-state index < -0.39 is 20.7 Å². The van der Waals surface area contributed by atoms with Gasteiger partial charge in [-0.05, 0) is 43.7 Å². The lowest BCUT2D eigenvalue weighted by atomic mass is 10.1. The van der Waals surface area contributed by atoms with Crippen LogP contribution < -0.4 is 20.3 Å². The normalized spacial score (nSPS) is 15.5. The number of nitrogens with one attached hydrogen (secondary N) is 3. The summed E-state index contributed by atoms with van der Waals surface area (Å²) in [5.41, 5.74) is 1.23. The Kier molecular flexibility index (Phi) is 6.94. The van der Waals surface area contributed by atoms with Crippen molar-refractivity contribution >= 4 is 27.3 Å². The maximum atomic E-state index is 14.1. The molecule has 7 nitrogen and oxygen atoms in total. The molecule has 0 bridgehead atoms. The Labute approximate surface area is 176 Å². The van der Waals surface area contributed by atoms with E-state index in [1.165, 1.54) is 24.3 Å². The van der Waals surface area contributed by atoms with Crippen molar-refractivity contribution in [3.63, 3.8) is 0 Å². The number of benzene rings is 2. The average molecular weight is 435 g/mol. The van der Waals surface area contributed by atoms with Gasteiger partial charge >= 0.3 is 0 Å². The Bertz CT molecular complexity index is 1010. The molecule has 0 aliphatic carbocycles. The Morgan fingerprint density at radius 3 is 2.57 bits per heavy atom. The minimum Gasteiger partial charge on any atom is -0.367 e. The van der Waals surface area contributed by atoms with Gasteiger partial charge in [-0.2, -0.15) is 0 Å². The monoisotopic (exact) mass is 434 g/mol. The number of amides is 1. The standard InChI is InChI=1S/C21H27FN4O3S/c1-3-15(2)24-21(27)16-8-9-19(26-12-10-23-11-13-26)18(14-16)25-30(28,29)20-7-5-4-6-17(20)22/h4-9,14-15,23,25H,3,10-13H2,1-2H3,(H,24,27). The Morgan fingerprint density at radius 2 is 1.90 bits per heavy atom. The molecule has 1 aliphatic heterocycles. The molecule has 162 valence electrons. The van der Waals surface area contributed by atoms with Crippen LogP contribution in [0.15, 0.2) is 47.4 Å². The second kappa shape index (κ2) is 9.44. The van der Waals surface area contributed by atoms with E-state index in [0.29, 0.717) is 24.3 Å². The second-order valence-electron chi connectivity index (χ2n) is 7.29. The largest absolute Gasteiger partial charge is 0.367 e. The topological polar surface area (TPSA) is 90.5 Å². The van der Waals surface area contributed by atoms with Crippen LogP contribution in [-0.4, -0.2) is 46.5 Å². The minimum atomic E-state index is -4.17. The van der Waals surface area contributed by atoms with E-state index in [9.17, 15) is 17.6 Å². The predicted octanol–water partition coefficient (Wildman–Crippen LogP) is 2.56. The Hall–Kier alpha value is -2.65. The first-order valence-corrected chi connectivity index (χ1v) is 11.5. The molecule has 1 unspecified atom stereocenters. The molecule has 3 N–H and O–H groups in total. The van der Waals surface area contributed by atoms with E-state index in [1.807, 2.05) is 18.7 Å². The van der Waals surface area contributed by atoms with Crippen LogP contribution in [0.5, 0.6) is 0 Å². The summed E-state index contributed by atoms with van der Waals surface area (Å²) in [5.74, 6) is -1.12. The lowest BCUT2D eigenvalue weighted by molar-refractivity contribution is 0.0939. The third-order valence-corrected chi connectivity index (χ3v) is 6.48.